The maximum atomic E-state index is 13.7. The molecule has 1 aliphatic rings. The van der Waals surface area contributed by atoms with E-state index in [0.717, 1.165) is 25.7 Å². The summed E-state index contributed by atoms with van der Waals surface area (Å²) in [6, 6.07) is -1.74. The third kappa shape index (κ3) is 10.8. The van der Waals surface area contributed by atoms with E-state index in [1.54, 1.807) is 11.6 Å². The summed E-state index contributed by atoms with van der Waals surface area (Å²) in [4.78, 5) is 52.9. The summed E-state index contributed by atoms with van der Waals surface area (Å²) in [6.45, 7) is 6.04. The Hall–Kier alpha value is -3.33. The molecule has 3 amide bonds. The van der Waals surface area contributed by atoms with Crippen LogP contribution >= 0.6 is 11.3 Å². The minimum absolute atomic E-state index is 0.175. The Morgan fingerprint density at radius 1 is 1.33 bits per heavy atom. The van der Waals surface area contributed by atoms with Crippen molar-refractivity contribution in [2.75, 3.05) is 11.9 Å². The molecule has 1 aromatic rings. The van der Waals surface area contributed by atoms with Crippen LogP contribution in [0.1, 0.15) is 65.7 Å². The fraction of sp³-hybridized carbons (Fsp3) is 0.708. The van der Waals surface area contributed by atoms with Crippen molar-refractivity contribution in [3.8, 4) is 0 Å². The first-order chi connectivity index (χ1) is 18.5. The molecule has 15 heteroatoms. The minimum atomic E-state index is -0.970. The molecule has 0 saturated heterocycles. The van der Waals surface area contributed by atoms with Gasteiger partial charge >= 0.3 is 0 Å². The van der Waals surface area contributed by atoms with E-state index in [-0.39, 0.29) is 30.8 Å². The second kappa shape index (κ2) is 15.9. The number of aromatic nitrogens is 1. The number of carbonyl (C=O) groups is 3. The van der Waals surface area contributed by atoms with Crippen molar-refractivity contribution in [1.82, 2.24) is 20.7 Å². The number of nitrogens with zero attached hydrogens (tertiary/aromatic N) is 4. The molecule has 0 bridgehead atoms. The third-order valence-electron chi connectivity index (χ3n) is 7.03. The maximum absolute atomic E-state index is 13.7. The number of nitrogens with two attached hydrogens (primary N) is 1. The monoisotopic (exact) mass is 568 g/mol. The highest BCUT2D eigenvalue weighted by Crippen LogP contribution is 2.35. The summed E-state index contributed by atoms with van der Waals surface area (Å²) in [5.41, 5.74) is 5.45. The van der Waals surface area contributed by atoms with E-state index < -0.39 is 34.8 Å². The fourth-order valence-corrected chi connectivity index (χ4v) is 5.55. The van der Waals surface area contributed by atoms with Crippen LogP contribution in [0.15, 0.2) is 16.7 Å². The van der Waals surface area contributed by atoms with Gasteiger partial charge in [-0.3, -0.25) is 19.6 Å². The van der Waals surface area contributed by atoms with Gasteiger partial charge in [-0.1, -0.05) is 46.5 Å². The number of carbonyl (C=O) groups excluding carboxylic acids is 3. The molecule has 1 fully saturated rings. The number of nitro groups is 1. The molecule has 1 heterocycles. The Morgan fingerprint density at radius 2 is 2.03 bits per heavy atom. The van der Waals surface area contributed by atoms with Gasteiger partial charge in [0.05, 0.1) is 12.0 Å². The molecule has 1 aromatic heterocycles. The van der Waals surface area contributed by atoms with Gasteiger partial charge in [0.2, 0.25) is 18.2 Å². The molecular weight excluding hydrogens is 528 g/mol. The molecule has 218 valence electrons. The van der Waals surface area contributed by atoms with Gasteiger partial charge in [-0.2, -0.15) is 0 Å². The molecule has 39 heavy (non-hydrogen) atoms. The Morgan fingerprint density at radius 3 is 2.59 bits per heavy atom. The average molecular weight is 569 g/mol. The van der Waals surface area contributed by atoms with Crippen molar-refractivity contribution in [3.05, 3.63) is 21.7 Å². The zero-order valence-electron chi connectivity index (χ0n) is 22.6. The highest BCUT2D eigenvalue weighted by Gasteiger charge is 2.38. The van der Waals surface area contributed by atoms with Gasteiger partial charge in [0, 0.05) is 18.1 Å². The molecule has 1 saturated carbocycles. The van der Waals surface area contributed by atoms with Crippen molar-refractivity contribution in [3.63, 3.8) is 0 Å². The van der Waals surface area contributed by atoms with E-state index in [2.05, 4.69) is 33.0 Å². The quantitative estimate of drug-likeness (QED) is 0.0399. The lowest BCUT2D eigenvalue weighted by Gasteiger charge is -2.37. The van der Waals surface area contributed by atoms with Crippen LogP contribution in [-0.2, 0) is 14.4 Å². The van der Waals surface area contributed by atoms with Crippen molar-refractivity contribution in [2.24, 2.45) is 34.5 Å². The van der Waals surface area contributed by atoms with Crippen molar-refractivity contribution < 1.29 is 24.6 Å². The van der Waals surface area contributed by atoms with Crippen LogP contribution in [0.3, 0.4) is 0 Å². The Labute approximate surface area is 231 Å². The van der Waals surface area contributed by atoms with Crippen LogP contribution in [-0.4, -0.2) is 63.1 Å². The van der Waals surface area contributed by atoms with E-state index in [4.69, 9.17) is 5.73 Å². The Bertz CT molecular complexity index is 968. The number of anilines is 1. The lowest BCUT2D eigenvalue weighted by molar-refractivity contribution is -0.485. The maximum Gasteiger partial charge on any atom is 0.266 e. The van der Waals surface area contributed by atoms with Crippen LogP contribution in [0.5, 0.6) is 0 Å². The molecule has 0 radical (unpaired) electrons. The Kier molecular flexibility index (Phi) is 13.0. The van der Waals surface area contributed by atoms with E-state index >= 15 is 0 Å². The molecule has 0 aromatic carbocycles. The zero-order valence-corrected chi connectivity index (χ0v) is 23.4. The number of hydrogen-bond acceptors (Lipinski definition) is 8. The first kappa shape index (κ1) is 31.9. The van der Waals surface area contributed by atoms with Crippen molar-refractivity contribution in [2.45, 2.75) is 77.8 Å². The molecule has 1 aliphatic carbocycles. The molecule has 0 unspecified atom stereocenters. The second-order valence-electron chi connectivity index (χ2n) is 10.4. The normalized spacial score (nSPS) is 20.0. The molecule has 0 spiro atoms. The standard InChI is InChI=1S/C24H40N8O6S/c1-15(2)20(31(36)14-33)18(13-17-8-6-16(3)7-9-17)21(34)28-19(22(35)29-24-27-11-12-39-24)5-4-10-26-23(25)30-32(37)38/h11-12,14-20,36H,4-10,13H2,1-3H3,(H,28,34)(H3,25,26,30)(H,27,29,35)/t16?,17?,18-,19+,20+/m0/s1. The van der Waals surface area contributed by atoms with Crippen molar-refractivity contribution >= 4 is 40.7 Å². The SMILES string of the molecule is CC1CCC(C[C@H](C(=O)N[C@H](CCCN/C(N)=N\[N+](=O)[O-])C(=O)Nc2nccs2)[C@@H](C(C)C)N(O)C=O)CC1. The van der Waals surface area contributed by atoms with Gasteiger partial charge in [0.15, 0.2) is 10.2 Å². The fourth-order valence-electron chi connectivity index (χ4n) is 5.02. The molecule has 14 nitrogen and oxygen atoms in total. The van der Waals surface area contributed by atoms with Gasteiger partial charge in [0.1, 0.15) is 11.1 Å². The first-order valence-corrected chi connectivity index (χ1v) is 14.0. The predicted molar refractivity (Wildman–Crippen MR) is 146 cm³/mol. The van der Waals surface area contributed by atoms with Gasteiger partial charge in [-0.25, -0.2) is 20.2 Å². The molecular formula is C24H40N8O6S. The Balaban J connectivity index is 2.20. The lowest BCUT2D eigenvalue weighted by Crippen LogP contribution is -2.53. The summed E-state index contributed by atoms with van der Waals surface area (Å²) < 4.78 is 0. The predicted octanol–water partition coefficient (Wildman–Crippen LogP) is 2.15. The average Bonchev–Trinajstić information content (AvgIpc) is 3.38. The van der Waals surface area contributed by atoms with Gasteiger partial charge < -0.3 is 21.7 Å². The molecule has 2 rings (SSSR count). The number of hydrazone groups is 1. The number of amides is 3. The van der Waals surface area contributed by atoms with Gasteiger partial charge in [-0.05, 0) is 37.0 Å². The van der Waals surface area contributed by atoms with Gasteiger partial charge in [-0.15, -0.1) is 11.3 Å². The van der Waals surface area contributed by atoms with E-state index in [1.807, 2.05) is 13.8 Å². The molecule has 0 aliphatic heterocycles. The van der Waals surface area contributed by atoms with E-state index in [0.29, 0.717) is 35.4 Å². The number of rotatable bonds is 15. The highest BCUT2D eigenvalue weighted by molar-refractivity contribution is 7.13. The van der Waals surface area contributed by atoms with Crippen LogP contribution in [0.2, 0.25) is 0 Å². The zero-order chi connectivity index (χ0) is 28.9. The van der Waals surface area contributed by atoms with Crippen LogP contribution < -0.4 is 21.7 Å². The number of guanidine groups is 1. The first-order valence-electron chi connectivity index (χ1n) is 13.2. The summed E-state index contributed by atoms with van der Waals surface area (Å²) in [5.74, 6) is -1.37. The largest absolute Gasteiger partial charge is 0.365 e. The highest BCUT2D eigenvalue weighted by atomic mass is 32.1. The van der Waals surface area contributed by atoms with Gasteiger partial charge in [0.25, 0.3) is 5.96 Å². The smallest absolute Gasteiger partial charge is 0.266 e. The number of thiazole rings is 1. The van der Waals surface area contributed by atoms with E-state index in [1.165, 1.54) is 11.3 Å². The molecule has 3 atom stereocenters. The van der Waals surface area contributed by atoms with Crippen LogP contribution in [0, 0.1) is 33.8 Å². The summed E-state index contributed by atoms with van der Waals surface area (Å²) in [5, 5.41) is 33.7. The number of hydroxylamine groups is 2. The van der Waals surface area contributed by atoms with E-state index in [9.17, 15) is 29.7 Å². The summed E-state index contributed by atoms with van der Waals surface area (Å²) in [6.07, 6.45) is 6.84. The summed E-state index contributed by atoms with van der Waals surface area (Å²) >= 11 is 1.23. The van der Waals surface area contributed by atoms with Crippen molar-refractivity contribution in [1.29, 1.82) is 0 Å². The topological polar surface area (TPSA) is 205 Å². The van der Waals surface area contributed by atoms with Crippen LogP contribution in [0.4, 0.5) is 5.13 Å². The number of nitrogens with one attached hydrogen (secondary N) is 3. The third-order valence-corrected chi connectivity index (χ3v) is 7.72. The minimum Gasteiger partial charge on any atom is -0.365 e. The summed E-state index contributed by atoms with van der Waals surface area (Å²) in [7, 11) is 0. The lowest BCUT2D eigenvalue weighted by atomic mass is 9.75. The molecule has 6 N–H and O–H groups in total. The van der Waals surface area contributed by atoms with Crippen LogP contribution in [0.25, 0.3) is 0 Å². The second-order valence-corrected chi connectivity index (χ2v) is 11.3. The number of hydrogen-bond donors (Lipinski definition) is 5.